The molecule has 0 bridgehead atoms. The molecule has 0 unspecified atom stereocenters. The highest BCUT2D eigenvalue weighted by Gasteiger charge is 2.15. The van der Waals surface area contributed by atoms with Crippen molar-refractivity contribution in [2.45, 2.75) is 6.92 Å². The fourth-order valence-electron chi connectivity index (χ4n) is 1.94. The highest BCUT2D eigenvalue weighted by Crippen LogP contribution is 2.17. The van der Waals surface area contributed by atoms with E-state index >= 15 is 0 Å². The summed E-state index contributed by atoms with van der Waals surface area (Å²) in [7, 11) is 0. The van der Waals surface area contributed by atoms with Crippen LogP contribution >= 0.6 is 0 Å². The Hall–Kier alpha value is -3.15. The third-order valence-corrected chi connectivity index (χ3v) is 3.04. The van der Waals surface area contributed by atoms with Gasteiger partial charge in [0.2, 0.25) is 0 Å². The lowest BCUT2D eigenvalue weighted by Gasteiger charge is -2.09. The number of esters is 1. The normalized spacial score (nSPS) is 9.96. The van der Waals surface area contributed by atoms with Crippen molar-refractivity contribution in [3.8, 4) is 5.75 Å². The number of anilines is 1. The second-order valence-corrected chi connectivity index (χ2v) is 4.74. The highest BCUT2D eigenvalue weighted by atomic mass is 16.5. The molecule has 6 nitrogen and oxygen atoms in total. The quantitative estimate of drug-likeness (QED) is 0.653. The molecule has 0 radical (unpaired) electrons. The van der Waals surface area contributed by atoms with Crippen molar-refractivity contribution in [2.24, 2.45) is 0 Å². The summed E-state index contributed by atoms with van der Waals surface area (Å²) in [5, 5.41) is 12.1. The van der Waals surface area contributed by atoms with Crippen molar-refractivity contribution in [1.82, 2.24) is 0 Å². The van der Waals surface area contributed by atoms with Crippen LogP contribution in [0.5, 0.6) is 5.75 Å². The predicted octanol–water partition coefficient (Wildman–Crippen LogP) is 2.39. The number of ether oxygens (including phenoxy) is 1. The van der Waals surface area contributed by atoms with Crippen LogP contribution in [0, 0.1) is 0 Å². The zero-order valence-electron chi connectivity index (χ0n) is 12.4. The molecule has 0 aliphatic heterocycles. The van der Waals surface area contributed by atoms with Gasteiger partial charge >= 0.3 is 5.97 Å². The minimum Gasteiger partial charge on any atom is -0.507 e. The summed E-state index contributed by atoms with van der Waals surface area (Å²) in [6.07, 6.45) is 0. The molecule has 23 heavy (non-hydrogen) atoms. The van der Waals surface area contributed by atoms with Crippen LogP contribution in [-0.2, 0) is 9.53 Å². The fourth-order valence-corrected chi connectivity index (χ4v) is 1.94. The number of hydrogen-bond donors (Lipinski definition) is 2. The maximum atomic E-state index is 11.8. The Kier molecular flexibility index (Phi) is 5.09. The van der Waals surface area contributed by atoms with Gasteiger partial charge in [-0.25, -0.2) is 4.79 Å². The minimum atomic E-state index is -0.807. The third-order valence-electron chi connectivity index (χ3n) is 3.04. The zero-order chi connectivity index (χ0) is 16.8. The molecule has 2 rings (SSSR count). The highest BCUT2D eigenvalue weighted by molar-refractivity contribution is 6.04. The second kappa shape index (κ2) is 7.22. The molecule has 2 N–H and O–H groups in total. The van der Waals surface area contributed by atoms with Crippen molar-refractivity contribution in [1.29, 1.82) is 0 Å². The number of phenols is 1. The van der Waals surface area contributed by atoms with Crippen molar-refractivity contribution in [3.63, 3.8) is 0 Å². The summed E-state index contributed by atoms with van der Waals surface area (Å²) >= 11 is 0. The molecule has 0 atom stereocenters. The van der Waals surface area contributed by atoms with Gasteiger partial charge in [0.25, 0.3) is 5.91 Å². The number of rotatable bonds is 5. The Labute approximate surface area is 132 Å². The molecule has 2 aromatic carbocycles. The van der Waals surface area contributed by atoms with Gasteiger partial charge in [0.15, 0.2) is 12.4 Å². The standard InChI is InChI=1S/C17H15NO5/c1-11(19)12-6-2-4-8-14(12)18-16(21)10-23-17(22)13-7-3-5-9-15(13)20/h2-9,20H,10H2,1H3,(H,18,21). The van der Waals surface area contributed by atoms with Gasteiger partial charge in [0.1, 0.15) is 11.3 Å². The smallest absolute Gasteiger partial charge is 0.342 e. The fraction of sp³-hybridized carbons (Fsp3) is 0.118. The van der Waals surface area contributed by atoms with Crippen molar-refractivity contribution in [2.75, 3.05) is 11.9 Å². The largest absolute Gasteiger partial charge is 0.507 e. The van der Waals surface area contributed by atoms with E-state index in [0.29, 0.717) is 11.3 Å². The van der Waals surface area contributed by atoms with Crippen molar-refractivity contribution < 1.29 is 24.2 Å². The molecule has 0 aliphatic carbocycles. The first-order chi connectivity index (χ1) is 11.0. The molecule has 0 heterocycles. The van der Waals surface area contributed by atoms with Gasteiger partial charge in [0.05, 0.1) is 5.69 Å². The van der Waals surface area contributed by atoms with E-state index in [0.717, 1.165) is 0 Å². The first kappa shape index (κ1) is 16.2. The Bertz CT molecular complexity index is 754. The van der Waals surface area contributed by atoms with Crippen LogP contribution in [0.1, 0.15) is 27.6 Å². The summed E-state index contributed by atoms with van der Waals surface area (Å²) in [5.74, 6) is -1.80. The summed E-state index contributed by atoms with van der Waals surface area (Å²) in [4.78, 5) is 35.1. The van der Waals surface area contributed by atoms with Crippen LogP contribution in [0.15, 0.2) is 48.5 Å². The molecular weight excluding hydrogens is 298 g/mol. The summed E-state index contributed by atoms with van der Waals surface area (Å²) in [6, 6.07) is 12.4. The third kappa shape index (κ3) is 4.16. The number of carbonyl (C=O) groups is 3. The van der Waals surface area contributed by atoms with Crippen LogP contribution < -0.4 is 5.32 Å². The number of amides is 1. The summed E-state index contributed by atoms with van der Waals surface area (Å²) < 4.78 is 4.85. The number of benzene rings is 2. The van der Waals surface area contributed by atoms with E-state index < -0.39 is 18.5 Å². The molecule has 118 valence electrons. The topological polar surface area (TPSA) is 92.7 Å². The molecule has 0 saturated heterocycles. The van der Waals surface area contributed by atoms with Crippen LogP contribution in [-0.4, -0.2) is 29.4 Å². The summed E-state index contributed by atoms with van der Waals surface area (Å²) in [5.41, 5.74) is 0.695. The Morgan fingerprint density at radius 2 is 1.61 bits per heavy atom. The average Bonchev–Trinajstić information content (AvgIpc) is 2.53. The molecule has 0 aromatic heterocycles. The van der Waals surface area contributed by atoms with E-state index in [1.54, 1.807) is 36.4 Å². The first-order valence-corrected chi connectivity index (χ1v) is 6.84. The van der Waals surface area contributed by atoms with Crippen molar-refractivity contribution in [3.05, 3.63) is 59.7 Å². The van der Waals surface area contributed by atoms with Crippen LogP contribution in [0.3, 0.4) is 0 Å². The van der Waals surface area contributed by atoms with E-state index in [-0.39, 0.29) is 17.1 Å². The molecule has 0 spiro atoms. The van der Waals surface area contributed by atoms with Crippen LogP contribution in [0.2, 0.25) is 0 Å². The second-order valence-electron chi connectivity index (χ2n) is 4.74. The van der Waals surface area contributed by atoms with Crippen LogP contribution in [0.25, 0.3) is 0 Å². The van der Waals surface area contributed by atoms with Gasteiger partial charge in [-0.1, -0.05) is 24.3 Å². The number of aromatic hydroxyl groups is 1. The Balaban J connectivity index is 1.97. The van der Waals surface area contributed by atoms with Crippen molar-refractivity contribution >= 4 is 23.3 Å². The number of hydrogen-bond acceptors (Lipinski definition) is 5. The number of nitrogens with one attached hydrogen (secondary N) is 1. The average molecular weight is 313 g/mol. The SMILES string of the molecule is CC(=O)c1ccccc1NC(=O)COC(=O)c1ccccc1O. The lowest BCUT2D eigenvalue weighted by molar-refractivity contribution is -0.119. The molecule has 2 aromatic rings. The monoisotopic (exact) mass is 313 g/mol. The van der Waals surface area contributed by atoms with E-state index in [9.17, 15) is 19.5 Å². The molecule has 0 aliphatic rings. The number of ketones is 1. The Morgan fingerprint density at radius 3 is 2.26 bits per heavy atom. The Morgan fingerprint density at radius 1 is 1.00 bits per heavy atom. The summed E-state index contributed by atoms with van der Waals surface area (Å²) in [6.45, 7) is 0.864. The van der Waals surface area contributed by atoms with Gasteiger partial charge in [-0.2, -0.15) is 0 Å². The van der Waals surface area contributed by atoms with E-state index in [1.807, 2.05) is 0 Å². The number of phenolic OH excluding ortho intramolecular Hbond substituents is 1. The van der Waals surface area contributed by atoms with E-state index in [1.165, 1.54) is 19.1 Å². The minimum absolute atomic E-state index is 0.0237. The number of carbonyl (C=O) groups excluding carboxylic acids is 3. The number of para-hydroxylation sites is 2. The van der Waals surface area contributed by atoms with Gasteiger partial charge < -0.3 is 15.2 Å². The molecular formula is C17H15NO5. The number of Topliss-reactive ketones (excluding diaryl/α,β-unsaturated/α-hetero) is 1. The lowest BCUT2D eigenvalue weighted by Crippen LogP contribution is -2.22. The van der Waals surface area contributed by atoms with Gasteiger partial charge in [0, 0.05) is 5.56 Å². The molecule has 6 heteroatoms. The molecule has 1 amide bonds. The van der Waals surface area contributed by atoms with E-state index in [2.05, 4.69) is 5.32 Å². The molecule has 0 fully saturated rings. The maximum Gasteiger partial charge on any atom is 0.342 e. The molecule has 0 saturated carbocycles. The lowest BCUT2D eigenvalue weighted by atomic mass is 10.1. The van der Waals surface area contributed by atoms with Gasteiger partial charge in [-0.15, -0.1) is 0 Å². The maximum absolute atomic E-state index is 11.8. The van der Waals surface area contributed by atoms with Gasteiger partial charge in [-0.05, 0) is 31.2 Å². The first-order valence-electron chi connectivity index (χ1n) is 6.84. The van der Waals surface area contributed by atoms with Gasteiger partial charge in [-0.3, -0.25) is 9.59 Å². The zero-order valence-corrected chi connectivity index (χ0v) is 12.4. The predicted molar refractivity (Wildman–Crippen MR) is 83.5 cm³/mol. The van der Waals surface area contributed by atoms with Crippen LogP contribution in [0.4, 0.5) is 5.69 Å². The van der Waals surface area contributed by atoms with E-state index in [4.69, 9.17) is 4.74 Å².